The topological polar surface area (TPSA) is 59.3 Å². The van der Waals surface area contributed by atoms with Crippen LogP contribution in [0.1, 0.15) is 25.8 Å². The van der Waals surface area contributed by atoms with E-state index in [9.17, 15) is 4.79 Å². The van der Waals surface area contributed by atoms with E-state index in [0.29, 0.717) is 6.42 Å². The van der Waals surface area contributed by atoms with Gasteiger partial charge in [-0.15, -0.1) is 0 Å². The summed E-state index contributed by atoms with van der Waals surface area (Å²) in [7, 11) is 1.63. The largest absolute Gasteiger partial charge is 0.497 e. The molecule has 0 saturated heterocycles. The summed E-state index contributed by atoms with van der Waals surface area (Å²) in [6, 6.07) is 9.66. The van der Waals surface area contributed by atoms with Crippen LogP contribution in [0.5, 0.6) is 5.75 Å². The number of carbonyl (C=O) groups excluding carboxylic acids is 1. The van der Waals surface area contributed by atoms with E-state index in [-0.39, 0.29) is 12.2 Å². The monoisotopic (exact) mass is 273 g/mol. The second-order valence-corrected chi connectivity index (χ2v) is 4.34. The number of hydrogen-bond donors (Lipinski definition) is 0. The second kappa shape index (κ2) is 8.00. The Morgan fingerprint density at radius 2 is 1.95 bits per heavy atom. The lowest BCUT2D eigenvalue weighted by Crippen LogP contribution is -2.08. The molecule has 106 valence electrons. The van der Waals surface area contributed by atoms with Crippen molar-refractivity contribution in [1.82, 2.24) is 0 Å². The molecule has 1 aromatic rings. The van der Waals surface area contributed by atoms with Crippen molar-refractivity contribution in [3.05, 3.63) is 41.0 Å². The number of rotatable bonds is 6. The van der Waals surface area contributed by atoms with Crippen LogP contribution in [0.2, 0.25) is 0 Å². The van der Waals surface area contributed by atoms with Crippen LogP contribution >= 0.6 is 0 Å². The van der Waals surface area contributed by atoms with Crippen molar-refractivity contribution in [2.75, 3.05) is 13.7 Å². The van der Waals surface area contributed by atoms with Crippen molar-refractivity contribution in [1.29, 1.82) is 5.26 Å². The molecule has 0 atom stereocenters. The third-order valence-corrected chi connectivity index (χ3v) is 2.97. The number of allylic oxidation sites excluding steroid dienone is 1. The molecule has 0 spiro atoms. The minimum atomic E-state index is -0.540. The Labute approximate surface area is 119 Å². The van der Waals surface area contributed by atoms with E-state index in [0.717, 1.165) is 23.3 Å². The molecule has 0 aliphatic heterocycles. The lowest BCUT2D eigenvalue weighted by molar-refractivity contribution is -0.138. The Hall–Kier alpha value is -2.28. The van der Waals surface area contributed by atoms with Crippen molar-refractivity contribution in [3.8, 4) is 11.8 Å². The van der Waals surface area contributed by atoms with Gasteiger partial charge in [-0.3, -0.25) is 0 Å². The lowest BCUT2D eigenvalue weighted by atomic mass is 10.0. The Bertz CT molecular complexity index is 524. The molecule has 4 heteroatoms. The highest BCUT2D eigenvalue weighted by molar-refractivity contribution is 5.93. The molecule has 0 amide bonds. The zero-order chi connectivity index (χ0) is 15.0. The fourth-order valence-corrected chi connectivity index (χ4v) is 1.77. The maximum atomic E-state index is 11.6. The first-order valence-corrected chi connectivity index (χ1v) is 6.52. The highest BCUT2D eigenvalue weighted by Gasteiger charge is 2.13. The first kappa shape index (κ1) is 15.8. The lowest BCUT2D eigenvalue weighted by Gasteiger charge is -2.06. The quantitative estimate of drug-likeness (QED) is 0.454. The number of hydrogen-bond acceptors (Lipinski definition) is 4. The first-order valence-electron chi connectivity index (χ1n) is 6.52. The molecule has 1 rings (SSSR count). The molecule has 1 aromatic carbocycles. The predicted octanol–water partition coefficient (Wildman–Crippen LogP) is 3.03. The summed E-state index contributed by atoms with van der Waals surface area (Å²) in [5.41, 5.74) is 1.99. The SMILES string of the molecule is CCOC(=O)/C(C#N)=C(\C)CCc1ccc(OC)cc1. The smallest absolute Gasteiger partial charge is 0.348 e. The van der Waals surface area contributed by atoms with Crippen molar-refractivity contribution in [3.63, 3.8) is 0 Å². The summed E-state index contributed by atoms with van der Waals surface area (Å²) < 4.78 is 9.96. The summed E-state index contributed by atoms with van der Waals surface area (Å²) in [6.07, 6.45) is 1.41. The Morgan fingerprint density at radius 1 is 1.30 bits per heavy atom. The van der Waals surface area contributed by atoms with Gasteiger partial charge in [0.1, 0.15) is 17.4 Å². The number of carbonyl (C=O) groups is 1. The maximum absolute atomic E-state index is 11.6. The molecule has 0 aliphatic rings. The molecule has 0 radical (unpaired) electrons. The van der Waals surface area contributed by atoms with Crippen LogP contribution in [0.3, 0.4) is 0 Å². The minimum absolute atomic E-state index is 0.111. The van der Waals surface area contributed by atoms with E-state index < -0.39 is 5.97 Å². The normalized spacial score (nSPS) is 11.3. The molecule has 0 aliphatic carbocycles. The van der Waals surface area contributed by atoms with Crippen molar-refractivity contribution >= 4 is 5.97 Å². The van der Waals surface area contributed by atoms with Gasteiger partial charge in [0.2, 0.25) is 0 Å². The van der Waals surface area contributed by atoms with Crippen LogP contribution < -0.4 is 4.74 Å². The van der Waals surface area contributed by atoms with Gasteiger partial charge in [-0.1, -0.05) is 12.1 Å². The van der Waals surface area contributed by atoms with Crippen LogP contribution in [-0.4, -0.2) is 19.7 Å². The van der Waals surface area contributed by atoms with E-state index in [1.54, 1.807) is 21.0 Å². The molecule has 0 aromatic heterocycles. The second-order valence-electron chi connectivity index (χ2n) is 4.34. The number of nitrogens with zero attached hydrogens (tertiary/aromatic N) is 1. The molecule has 0 heterocycles. The molecule has 0 bridgehead atoms. The molecular formula is C16H19NO3. The van der Waals surface area contributed by atoms with Gasteiger partial charge in [-0.2, -0.15) is 5.26 Å². The maximum Gasteiger partial charge on any atom is 0.348 e. The first-order chi connectivity index (χ1) is 9.62. The third-order valence-electron chi connectivity index (χ3n) is 2.97. The number of methoxy groups -OCH3 is 1. The van der Waals surface area contributed by atoms with E-state index >= 15 is 0 Å². The summed E-state index contributed by atoms with van der Waals surface area (Å²) in [4.78, 5) is 11.6. The van der Waals surface area contributed by atoms with Crippen LogP contribution in [0.15, 0.2) is 35.4 Å². The van der Waals surface area contributed by atoms with Crippen LogP contribution in [0, 0.1) is 11.3 Å². The van der Waals surface area contributed by atoms with Crippen molar-refractivity contribution < 1.29 is 14.3 Å². The van der Waals surface area contributed by atoms with Gasteiger partial charge in [0.25, 0.3) is 0 Å². The summed E-state index contributed by atoms with van der Waals surface area (Å²) in [5, 5.41) is 9.03. The minimum Gasteiger partial charge on any atom is -0.497 e. The summed E-state index contributed by atoms with van der Waals surface area (Å²) >= 11 is 0. The Balaban J connectivity index is 2.70. The van der Waals surface area contributed by atoms with Gasteiger partial charge < -0.3 is 9.47 Å². The van der Waals surface area contributed by atoms with E-state index in [1.807, 2.05) is 30.3 Å². The zero-order valence-electron chi connectivity index (χ0n) is 12.1. The average molecular weight is 273 g/mol. The number of ether oxygens (including phenoxy) is 2. The van der Waals surface area contributed by atoms with Gasteiger partial charge in [-0.05, 0) is 50.0 Å². The number of nitriles is 1. The standard InChI is InChI=1S/C16H19NO3/c1-4-20-16(18)15(11-17)12(2)5-6-13-7-9-14(19-3)10-8-13/h7-10H,4-6H2,1-3H3/b15-12+. The number of esters is 1. The van der Waals surface area contributed by atoms with Crippen LogP contribution in [0.25, 0.3) is 0 Å². The van der Waals surface area contributed by atoms with Crippen LogP contribution in [-0.2, 0) is 16.0 Å². The van der Waals surface area contributed by atoms with E-state index in [2.05, 4.69) is 0 Å². The summed E-state index contributed by atoms with van der Waals surface area (Å²) in [6.45, 7) is 3.79. The van der Waals surface area contributed by atoms with Gasteiger partial charge >= 0.3 is 5.97 Å². The average Bonchev–Trinajstić information content (AvgIpc) is 2.46. The fraction of sp³-hybridized carbons (Fsp3) is 0.375. The van der Waals surface area contributed by atoms with Gasteiger partial charge in [0, 0.05) is 0 Å². The highest BCUT2D eigenvalue weighted by atomic mass is 16.5. The molecule has 0 fully saturated rings. The predicted molar refractivity (Wildman–Crippen MR) is 76.3 cm³/mol. The number of aryl methyl sites for hydroxylation is 1. The highest BCUT2D eigenvalue weighted by Crippen LogP contribution is 2.16. The molecular weight excluding hydrogens is 254 g/mol. The Morgan fingerprint density at radius 3 is 2.45 bits per heavy atom. The van der Waals surface area contributed by atoms with Crippen LogP contribution in [0.4, 0.5) is 0 Å². The van der Waals surface area contributed by atoms with Gasteiger partial charge in [-0.25, -0.2) is 4.79 Å². The van der Waals surface area contributed by atoms with E-state index in [1.165, 1.54) is 0 Å². The number of benzene rings is 1. The van der Waals surface area contributed by atoms with Gasteiger partial charge in [0.15, 0.2) is 0 Å². The Kier molecular flexibility index (Phi) is 6.31. The molecule has 0 saturated carbocycles. The fourth-order valence-electron chi connectivity index (χ4n) is 1.77. The molecule has 0 unspecified atom stereocenters. The molecule has 20 heavy (non-hydrogen) atoms. The zero-order valence-corrected chi connectivity index (χ0v) is 12.1. The van der Waals surface area contributed by atoms with Crippen molar-refractivity contribution in [2.24, 2.45) is 0 Å². The van der Waals surface area contributed by atoms with Gasteiger partial charge in [0.05, 0.1) is 13.7 Å². The molecule has 0 N–H and O–H groups in total. The third kappa shape index (κ3) is 4.43. The summed E-state index contributed by atoms with van der Waals surface area (Å²) in [5.74, 6) is 0.271. The van der Waals surface area contributed by atoms with E-state index in [4.69, 9.17) is 14.7 Å². The van der Waals surface area contributed by atoms with Crippen molar-refractivity contribution in [2.45, 2.75) is 26.7 Å². The molecule has 4 nitrogen and oxygen atoms in total.